The highest BCUT2D eigenvalue weighted by Gasteiger charge is 2.16. The summed E-state index contributed by atoms with van der Waals surface area (Å²) in [5.41, 5.74) is 5.07. The maximum atomic E-state index is 10.7. The molecule has 0 rings (SSSR count). The number of carboxylic acids is 1. The van der Waals surface area contributed by atoms with Crippen LogP contribution in [0.5, 0.6) is 0 Å². The summed E-state index contributed by atoms with van der Waals surface area (Å²) < 4.78 is 0. The molecule has 0 aromatic rings. The van der Waals surface area contributed by atoms with Gasteiger partial charge in [-0.2, -0.15) is 0 Å². The van der Waals surface area contributed by atoms with Crippen molar-refractivity contribution in [1.29, 1.82) is 5.41 Å². The number of nitrogens with one attached hydrogen (secondary N) is 2. The third-order valence-electron chi connectivity index (χ3n) is 1.97. The van der Waals surface area contributed by atoms with Gasteiger partial charge in [-0.3, -0.25) is 5.41 Å². The number of hydrogen-bond acceptors (Lipinski definition) is 2. The van der Waals surface area contributed by atoms with Gasteiger partial charge in [0.15, 0.2) is 5.96 Å². The molecule has 0 saturated heterocycles. The molecule has 0 amide bonds. The first-order valence-electron chi connectivity index (χ1n) is 4.91. The van der Waals surface area contributed by atoms with Crippen LogP contribution >= 0.6 is 0 Å². The molecule has 0 aromatic heterocycles. The lowest BCUT2D eigenvalue weighted by Crippen LogP contribution is -2.43. The molecule has 0 bridgehead atoms. The van der Waals surface area contributed by atoms with Crippen LogP contribution < -0.4 is 11.1 Å². The van der Waals surface area contributed by atoms with Crippen molar-refractivity contribution in [1.82, 2.24) is 5.32 Å². The van der Waals surface area contributed by atoms with Gasteiger partial charge in [0.05, 0.1) is 0 Å². The first kappa shape index (κ1) is 12.7. The second kappa shape index (κ2) is 7.17. The summed E-state index contributed by atoms with van der Waals surface area (Å²) in [5, 5.41) is 18.1. The summed E-state index contributed by atoms with van der Waals surface area (Å²) in [6.45, 7) is 2.10. The van der Waals surface area contributed by atoms with Gasteiger partial charge in [0.25, 0.3) is 0 Å². The summed E-state index contributed by atoms with van der Waals surface area (Å²) in [7, 11) is 0. The Morgan fingerprint density at radius 3 is 2.57 bits per heavy atom. The lowest BCUT2D eigenvalue weighted by Gasteiger charge is -2.13. The summed E-state index contributed by atoms with van der Waals surface area (Å²) in [5.74, 6) is -1.23. The van der Waals surface area contributed by atoms with Crippen molar-refractivity contribution in [2.45, 2.75) is 45.1 Å². The fourth-order valence-electron chi connectivity index (χ4n) is 1.22. The molecule has 1 unspecified atom stereocenters. The number of hydrogen-bond donors (Lipinski definition) is 4. The first-order valence-corrected chi connectivity index (χ1v) is 4.91. The molecule has 5 heteroatoms. The van der Waals surface area contributed by atoms with Crippen molar-refractivity contribution in [3.8, 4) is 0 Å². The summed E-state index contributed by atoms with van der Waals surface area (Å²) in [4.78, 5) is 10.7. The zero-order valence-corrected chi connectivity index (χ0v) is 8.55. The Balaban J connectivity index is 3.74. The van der Waals surface area contributed by atoms with Gasteiger partial charge in [-0.15, -0.1) is 0 Å². The normalized spacial score (nSPS) is 12.1. The predicted molar refractivity (Wildman–Crippen MR) is 55.2 cm³/mol. The van der Waals surface area contributed by atoms with Crippen molar-refractivity contribution in [3.63, 3.8) is 0 Å². The van der Waals surface area contributed by atoms with Crippen molar-refractivity contribution in [2.75, 3.05) is 0 Å². The Kier molecular flexibility index (Phi) is 6.53. The van der Waals surface area contributed by atoms with Crippen LogP contribution in [0, 0.1) is 5.41 Å². The van der Waals surface area contributed by atoms with Crippen molar-refractivity contribution in [2.24, 2.45) is 5.73 Å². The van der Waals surface area contributed by atoms with Crippen molar-refractivity contribution >= 4 is 11.9 Å². The first-order chi connectivity index (χ1) is 6.57. The van der Waals surface area contributed by atoms with Gasteiger partial charge < -0.3 is 16.2 Å². The Morgan fingerprint density at radius 2 is 2.14 bits per heavy atom. The number of carboxylic acid groups (broad SMARTS) is 1. The zero-order valence-electron chi connectivity index (χ0n) is 8.55. The molecule has 0 fully saturated rings. The van der Waals surface area contributed by atoms with Crippen LogP contribution in [0.4, 0.5) is 0 Å². The average molecular weight is 201 g/mol. The van der Waals surface area contributed by atoms with Gasteiger partial charge in [-0.05, 0) is 6.42 Å². The van der Waals surface area contributed by atoms with E-state index in [4.69, 9.17) is 16.2 Å². The van der Waals surface area contributed by atoms with Crippen molar-refractivity contribution < 1.29 is 9.90 Å². The molecule has 0 heterocycles. The van der Waals surface area contributed by atoms with E-state index in [9.17, 15) is 4.79 Å². The Labute approximate surface area is 84.2 Å². The van der Waals surface area contributed by atoms with E-state index in [2.05, 4.69) is 12.2 Å². The second-order valence-corrected chi connectivity index (χ2v) is 3.30. The maximum Gasteiger partial charge on any atom is 0.326 e. The van der Waals surface area contributed by atoms with Crippen molar-refractivity contribution in [3.05, 3.63) is 0 Å². The highest BCUT2D eigenvalue weighted by molar-refractivity contribution is 5.82. The van der Waals surface area contributed by atoms with E-state index >= 15 is 0 Å². The molecule has 14 heavy (non-hydrogen) atoms. The summed E-state index contributed by atoms with van der Waals surface area (Å²) in [6, 6.07) is -0.718. The predicted octanol–water partition coefficient (Wildman–Crippen LogP) is 0.893. The molecule has 5 N–H and O–H groups in total. The molecule has 0 saturated carbocycles. The zero-order chi connectivity index (χ0) is 11.0. The number of aliphatic carboxylic acids is 1. The maximum absolute atomic E-state index is 10.7. The van der Waals surface area contributed by atoms with E-state index in [1.807, 2.05) is 0 Å². The molecule has 0 aromatic carbocycles. The fourth-order valence-corrected chi connectivity index (χ4v) is 1.22. The Hall–Kier alpha value is -1.26. The molecule has 5 nitrogen and oxygen atoms in total. The third kappa shape index (κ3) is 6.28. The summed E-state index contributed by atoms with van der Waals surface area (Å²) in [6.07, 6.45) is 4.64. The van der Waals surface area contributed by atoms with Gasteiger partial charge in [0.2, 0.25) is 0 Å². The molecule has 82 valence electrons. The molecule has 0 aliphatic rings. The average Bonchev–Trinajstić information content (AvgIpc) is 2.09. The lowest BCUT2D eigenvalue weighted by molar-refractivity contribution is -0.139. The number of unbranched alkanes of at least 4 members (excludes halogenated alkanes) is 3. The van der Waals surface area contributed by atoms with Gasteiger partial charge >= 0.3 is 5.97 Å². The van der Waals surface area contributed by atoms with Crippen LogP contribution in [-0.4, -0.2) is 23.1 Å². The summed E-state index contributed by atoms with van der Waals surface area (Å²) >= 11 is 0. The highest BCUT2D eigenvalue weighted by Crippen LogP contribution is 2.05. The number of carbonyl (C=O) groups is 1. The minimum Gasteiger partial charge on any atom is -0.480 e. The molecule has 1 atom stereocenters. The van der Waals surface area contributed by atoms with E-state index < -0.39 is 12.0 Å². The lowest BCUT2D eigenvalue weighted by atomic mass is 10.1. The van der Waals surface area contributed by atoms with Crippen LogP contribution in [0.25, 0.3) is 0 Å². The number of guanidine groups is 1. The minimum atomic E-state index is -0.948. The Bertz CT molecular complexity index is 194. The van der Waals surface area contributed by atoms with Crippen LogP contribution in [0.1, 0.15) is 39.0 Å². The molecule has 0 aliphatic carbocycles. The quantitative estimate of drug-likeness (QED) is 0.279. The molecule has 0 spiro atoms. The molecular weight excluding hydrogens is 182 g/mol. The topological polar surface area (TPSA) is 99.2 Å². The standard InChI is InChI=1S/C9H19N3O2/c1-2-3-4-5-6-7(8(13)14)12-9(10)11/h7H,2-6H2,1H3,(H,13,14)(H4,10,11,12). The van der Waals surface area contributed by atoms with E-state index in [0.717, 1.165) is 25.7 Å². The smallest absolute Gasteiger partial charge is 0.326 e. The molecule has 0 aliphatic heterocycles. The van der Waals surface area contributed by atoms with E-state index in [0.29, 0.717) is 6.42 Å². The number of rotatable bonds is 7. The van der Waals surface area contributed by atoms with Gasteiger partial charge in [0, 0.05) is 0 Å². The fraction of sp³-hybridized carbons (Fsp3) is 0.778. The van der Waals surface area contributed by atoms with Crippen LogP contribution in [0.3, 0.4) is 0 Å². The third-order valence-corrected chi connectivity index (χ3v) is 1.97. The Morgan fingerprint density at radius 1 is 1.50 bits per heavy atom. The molecule has 0 radical (unpaired) electrons. The largest absolute Gasteiger partial charge is 0.480 e. The molecular formula is C9H19N3O2. The highest BCUT2D eigenvalue weighted by atomic mass is 16.4. The van der Waals surface area contributed by atoms with Gasteiger partial charge in [-0.25, -0.2) is 4.79 Å². The minimum absolute atomic E-state index is 0.284. The number of nitrogens with two attached hydrogens (primary N) is 1. The van der Waals surface area contributed by atoms with Crippen LogP contribution in [0.15, 0.2) is 0 Å². The SMILES string of the molecule is CCCCCCC(NC(=N)N)C(=O)O. The second-order valence-electron chi connectivity index (χ2n) is 3.30. The van der Waals surface area contributed by atoms with Crippen LogP contribution in [-0.2, 0) is 4.79 Å². The van der Waals surface area contributed by atoms with E-state index in [-0.39, 0.29) is 5.96 Å². The van der Waals surface area contributed by atoms with Crippen LogP contribution in [0.2, 0.25) is 0 Å². The monoisotopic (exact) mass is 201 g/mol. The van der Waals surface area contributed by atoms with Gasteiger partial charge in [-0.1, -0.05) is 32.6 Å². The van der Waals surface area contributed by atoms with E-state index in [1.165, 1.54) is 0 Å². The van der Waals surface area contributed by atoms with Gasteiger partial charge in [0.1, 0.15) is 6.04 Å². The van der Waals surface area contributed by atoms with E-state index in [1.54, 1.807) is 0 Å².